The van der Waals surface area contributed by atoms with Gasteiger partial charge < -0.3 is 10.1 Å². The SMILES string of the molecule is CCNCCOc1ccc2c(c1)c(S(=O)(=O)c1cccc3ccccc13)nn2Cc1ccccc1. The van der Waals surface area contributed by atoms with Crippen molar-refractivity contribution < 1.29 is 13.2 Å². The minimum absolute atomic E-state index is 0.0388. The number of benzene rings is 4. The summed E-state index contributed by atoms with van der Waals surface area (Å²) in [5, 5.41) is 10.0. The third-order valence-corrected chi connectivity index (χ3v) is 7.70. The Morgan fingerprint density at radius 1 is 0.886 bits per heavy atom. The van der Waals surface area contributed by atoms with Gasteiger partial charge in [0.2, 0.25) is 9.84 Å². The number of ether oxygens (including phenoxy) is 1. The molecule has 0 fully saturated rings. The first-order valence-electron chi connectivity index (χ1n) is 11.7. The van der Waals surface area contributed by atoms with Gasteiger partial charge in [0.1, 0.15) is 12.4 Å². The summed E-state index contributed by atoms with van der Waals surface area (Å²) in [4.78, 5) is 0.250. The normalized spacial score (nSPS) is 11.8. The predicted molar refractivity (Wildman–Crippen MR) is 139 cm³/mol. The van der Waals surface area contributed by atoms with E-state index in [1.54, 1.807) is 22.9 Å². The van der Waals surface area contributed by atoms with Crippen molar-refractivity contribution >= 4 is 31.5 Å². The molecule has 4 aromatic carbocycles. The minimum Gasteiger partial charge on any atom is -0.492 e. The Morgan fingerprint density at radius 3 is 2.49 bits per heavy atom. The average Bonchev–Trinajstić information content (AvgIpc) is 3.25. The Kier molecular flexibility index (Phi) is 6.53. The summed E-state index contributed by atoms with van der Waals surface area (Å²) >= 11 is 0. The number of likely N-dealkylation sites (N-methyl/N-ethyl adjacent to an activating group) is 1. The second kappa shape index (κ2) is 9.90. The lowest BCUT2D eigenvalue weighted by molar-refractivity contribution is 0.316. The number of aromatic nitrogens is 2. The molecule has 0 spiro atoms. The predicted octanol–water partition coefficient (Wildman–Crippen LogP) is 5.06. The summed E-state index contributed by atoms with van der Waals surface area (Å²) in [5.41, 5.74) is 1.78. The van der Waals surface area contributed by atoms with Gasteiger partial charge in [0, 0.05) is 17.3 Å². The maximum Gasteiger partial charge on any atom is 0.226 e. The summed E-state index contributed by atoms with van der Waals surface area (Å²) in [5.74, 6) is 0.615. The number of hydrogen-bond donors (Lipinski definition) is 1. The molecule has 6 nitrogen and oxygen atoms in total. The number of fused-ring (bicyclic) bond motifs is 2. The summed E-state index contributed by atoms with van der Waals surface area (Å²) in [7, 11) is -3.91. The topological polar surface area (TPSA) is 73.2 Å². The van der Waals surface area contributed by atoms with E-state index in [1.807, 2.05) is 79.7 Å². The Labute approximate surface area is 205 Å². The molecule has 178 valence electrons. The molecule has 5 rings (SSSR count). The van der Waals surface area contributed by atoms with Crippen molar-refractivity contribution in [1.29, 1.82) is 0 Å². The molecule has 1 aromatic heterocycles. The van der Waals surface area contributed by atoms with Crippen molar-refractivity contribution in [2.75, 3.05) is 19.7 Å². The average molecular weight is 486 g/mol. The monoisotopic (exact) mass is 485 g/mol. The van der Waals surface area contributed by atoms with Crippen molar-refractivity contribution in [3.8, 4) is 5.75 Å². The van der Waals surface area contributed by atoms with Crippen LogP contribution in [-0.4, -0.2) is 37.9 Å². The molecule has 0 saturated carbocycles. The van der Waals surface area contributed by atoms with Gasteiger partial charge in [-0.05, 0) is 41.8 Å². The molecule has 0 unspecified atom stereocenters. The molecule has 0 aliphatic carbocycles. The summed E-state index contributed by atoms with van der Waals surface area (Å²) in [6.45, 7) is 4.56. The largest absolute Gasteiger partial charge is 0.492 e. The van der Waals surface area contributed by atoms with Gasteiger partial charge in [-0.15, -0.1) is 0 Å². The van der Waals surface area contributed by atoms with E-state index in [2.05, 4.69) is 10.4 Å². The highest BCUT2D eigenvalue weighted by Crippen LogP contribution is 2.34. The Morgan fingerprint density at radius 2 is 1.66 bits per heavy atom. The van der Waals surface area contributed by atoms with Gasteiger partial charge in [-0.2, -0.15) is 5.10 Å². The molecular weight excluding hydrogens is 458 g/mol. The van der Waals surface area contributed by atoms with Crippen LogP contribution in [0.15, 0.2) is 101 Å². The van der Waals surface area contributed by atoms with Crippen LogP contribution in [0.25, 0.3) is 21.7 Å². The molecule has 0 amide bonds. The van der Waals surface area contributed by atoms with Gasteiger partial charge >= 0.3 is 0 Å². The molecule has 0 aliphatic rings. The zero-order valence-electron chi connectivity index (χ0n) is 19.5. The van der Waals surface area contributed by atoms with Crippen molar-refractivity contribution in [2.45, 2.75) is 23.4 Å². The van der Waals surface area contributed by atoms with Crippen LogP contribution in [0.5, 0.6) is 5.75 Å². The Balaban J connectivity index is 1.64. The molecule has 0 radical (unpaired) electrons. The van der Waals surface area contributed by atoms with Crippen molar-refractivity contribution in [3.05, 3.63) is 96.6 Å². The van der Waals surface area contributed by atoms with E-state index < -0.39 is 9.84 Å². The fraction of sp³-hybridized carbons (Fsp3) is 0.179. The van der Waals surface area contributed by atoms with E-state index >= 15 is 0 Å². The second-order valence-corrected chi connectivity index (χ2v) is 10.1. The number of hydrogen-bond acceptors (Lipinski definition) is 5. The maximum atomic E-state index is 14.0. The lowest BCUT2D eigenvalue weighted by Gasteiger charge is -2.08. The van der Waals surface area contributed by atoms with Gasteiger partial charge in [-0.3, -0.25) is 4.68 Å². The van der Waals surface area contributed by atoms with Gasteiger partial charge in [0.25, 0.3) is 0 Å². The zero-order chi connectivity index (χ0) is 24.3. The van der Waals surface area contributed by atoms with E-state index in [9.17, 15) is 8.42 Å². The van der Waals surface area contributed by atoms with E-state index in [1.165, 1.54) is 0 Å². The molecule has 1 N–H and O–H groups in total. The Bertz CT molecular complexity index is 1570. The first-order valence-corrected chi connectivity index (χ1v) is 13.2. The molecule has 0 saturated heterocycles. The molecular formula is C28H27N3O3S. The summed E-state index contributed by atoms with van der Waals surface area (Å²) in [6, 6.07) is 28.3. The van der Waals surface area contributed by atoms with E-state index in [4.69, 9.17) is 4.74 Å². The van der Waals surface area contributed by atoms with Crippen LogP contribution in [0.3, 0.4) is 0 Å². The summed E-state index contributed by atoms with van der Waals surface area (Å²) < 4.78 is 35.7. The molecule has 7 heteroatoms. The minimum atomic E-state index is -3.91. The molecule has 35 heavy (non-hydrogen) atoms. The molecule has 0 aliphatic heterocycles. The molecule has 0 bridgehead atoms. The molecule has 1 heterocycles. The lowest BCUT2D eigenvalue weighted by Crippen LogP contribution is -2.20. The quantitative estimate of drug-likeness (QED) is 0.296. The molecule has 5 aromatic rings. The van der Waals surface area contributed by atoms with Crippen molar-refractivity contribution in [1.82, 2.24) is 15.1 Å². The third kappa shape index (κ3) is 4.65. The second-order valence-electron chi connectivity index (χ2n) is 8.31. The van der Waals surface area contributed by atoms with Gasteiger partial charge in [0.15, 0.2) is 5.03 Å². The number of nitrogens with one attached hydrogen (secondary N) is 1. The fourth-order valence-corrected chi connectivity index (χ4v) is 5.85. The highest BCUT2D eigenvalue weighted by Gasteiger charge is 2.27. The first kappa shape index (κ1) is 23.1. The number of sulfone groups is 1. The highest BCUT2D eigenvalue weighted by molar-refractivity contribution is 7.91. The highest BCUT2D eigenvalue weighted by atomic mass is 32.2. The van der Waals surface area contributed by atoms with Crippen LogP contribution in [0.4, 0.5) is 0 Å². The number of nitrogens with zero attached hydrogens (tertiary/aromatic N) is 2. The van der Waals surface area contributed by atoms with Crippen LogP contribution >= 0.6 is 0 Å². The van der Waals surface area contributed by atoms with Crippen molar-refractivity contribution in [3.63, 3.8) is 0 Å². The standard InChI is InChI=1S/C28H27N3O3S/c1-2-29-17-18-34-23-15-16-26-25(19-23)28(30-31(26)20-21-9-4-3-5-10-21)35(32,33)27-14-8-12-22-11-6-7-13-24(22)27/h3-16,19,29H,2,17-18,20H2,1H3. The Hall–Kier alpha value is -3.68. The van der Waals surface area contributed by atoms with E-state index in [0.29, 0.717) is 36.2 Å². The maximum absolute atomic E-state index is 14.0. The zero-order valence-corrected chi connectivity index (χ0v) is 20.3. The number of rotatable bonds is 9. The van der Waals surface area contributed by atoms with Gasteiger partial charge in [-0.25, -0.2) is 8.42 Å². The van der Waals surface area contributed by atoms with Gasteiger partial charge in [0.05, 0.1) is 17.0 Å². The summed E-state index contributed by atoms with van der Waals surface area (Å²) in [6.07, 6.45) is 0. The third-order valence-electron chi connectivity index (χ3n) is 5.95. The van der Waals surface area contributed by atoms with Crippen molar-refractivity contribution in [2.24, 2.45) is 0 Å². The van der Waals surface area contributed by atoms with Crippen LogP contribution < -0.4 is 10.1 Å². The van der Waals surface area contributed by atoms with Crippen LogP contribution in [-0.2, 0) is 16.4 Å². The van der Waals surface area contributed by atoms with Crippen LogP contribution in [0.1, 0.15) is 12.5 Å². The van der Waals surface area contributed by atoms with Gasteiger partial charge in [-0.1, -0.05) is 73.7 Å². The van der Waals surface area contributed by atoms with E-state index in [0.717, 1.165) is 23.0 Å². The van der Waals surface area contributed by atoms with Crippen LogP contribution in [0, 0.1) is 0 Å². The first-order chi connectivity index (χ1) is 17.1. The van der Waals surface area contributed by atoms with E-state index in [-0.39, 0.29) is 9.92 Å². The fourth-order valence-electron chi connectivity index (χ4n) is 4.25. The lowest BCUT2D eigenvalue weighted by atomic mass is 10.1. The van der Waals surface area contributed by atoms with Crippen LogP contribution in [0.2, 0.25) is 0 Å². The smallest absolute Gasteiger partial charge is 0.226 e. The molecule has 0 atom stereocenters.